The molecule has 2 saturated heterocycles. The van der Waals surface area contributed by atoms with Crippen LogP contribution in [0.2, 0.25) is 0 Å². The minimum atomic E-state index is 0.0277. The van der Waals surface area contributed by atoms with Gasteiger partial charge in [0.25, 0.3) is 0 Å². The van der Waals surface area contributed by atoms with E-state index in [1.165, 1.54) is 11.3 Å². The van der Waals surface area contributed by atoms with Crippen molar-refractivity contribution < 1.29 is 9.53 Å². The Hall–Kier alpha value is -0.910. The standard InChI is InChI=1S/C18H28N2O2S/c1-3-16-18(9-7-17(21)20(18)11-12-22-2)8-5-10-19(16)14-15-6-4-13-23-15/h4,6,13,16H,3,5,7-12,14H2,1-2H3/t16-,18-/m0/s1. The lowest BCUT2D eigenvalue weighted by molar-refractivity contribution is -0.136. The summed E-state index contributed by atoms with van der Waals surface area (Å²) in [6.45, 7) is 5.80. The number of nitrogens with zero attached hydrogens (tertiary/aromatic N) is 2. The van der Waals surface area contributed by atoms with Gasteiger partial charge in [0.2, 0.25) is 5.91 Å². The van der Waals surface area contributed by atoms with Crippen LogP contribution in [0.1, 0.15) is 43.9 Å². The molecule has 1 amide bonds. The molecule has 2 aliphatic rings. The van der Waals surface area contributed by atoms with Crippen molar-refractivity contribution in [3.63, 3.8) is 0 Å². The average Bonchev–Trinajstić information content (AvgIpc) is 3.16. The molecule has 0 bridgehead atoms. The molecule has 0 N–H and O–H groups in total. The first-order valence-electron chi connectivity index (χ1n) is 8.77. The van der Waals surface area contributed by atoms with Crippen LogP contribution in [0.3, 0.4) is 0 Å². The highest BCUT2D eigenvalue weighted by atomic mass is 32.1. The van der Waals surface area contributed by atoms with Gasteiger partial charge in [-0.05, 0) is 43.7 Å². The maximum absolute atomic E-state index is 12.5. The Labute approximate surface area is 143 Å². The minimum Gasteiger partial charge on any atom is -0.383 e. The van der Waals surface area contributed by atoms with E-state index in [-0.39, 0.29) is 5.54 Å². The zero-order chi connectivity index (χ0) is 16.3. The van der Waals surface area contributed by atoms with Gasteiger partial charge >= 0.3 is 0 Å². The Balaban J connectivity index is 1.82. The smallest absolute Gasteiger partial charge is 0.223 e. The normalized spacial score (nSPS) is 28.9. The number of likely N-dealkylation sites (tertiary alicyclic amines) is 2. The van der Waals surface area contributed by atoms with Crippen molar-refractivity contribution in [2.75, 3.05) is 26.8 Å². The molecule has 5 heteroatoms. The molecule has 4 nitrogen and oxygen atoms in total. The molecular weight excluding hydrogens is 308 g/mol. The maximum Gasteiger partial charge on any atom is 0.223 e. The van der Waals surface area contributed by atoms with Crippen LogP contribution >= 0.6 is 11.3 Å². The van der Waals surface area contributed by atoms with Gasteiger partial charge in [0.15, 0.2) is 0 Å². The summed E-state index contributed by atoms with van der Waals surface area (Å²) in [6, 6.07) is 4.81. The highest BCUT2D eigenvalue weighted by Gasteiger charge is 2.52. The molecule has 3 heterocycles. The summed E-state index contributed by atoms with van der Waals surface area (Å²) in [6.07, 6.45) is 5.13. The average molecular weight is 337 g/mol. The van der Waals surface area contributed by atoms with Gasteiger partial charge in [0.05, 0.1) is 12.1 Å². The third-order valence-corrected chi connectivity index (χ3v) is 6.43. The van der Waals surface area contributed by atoms with E-state index in [4.69, 9.17) is 4.74 Å². The molecule has 128 valence electrons. The summed E-state index contributed by atoms with van der Waals surface area (Å²) >= 11 is 1.83. The maximum atomic E-state index is 12.5. The van der Waals surface area contributed by atoms with Gasteiger partial charge < -0.3 is 9.64 Å². The Bertz CT molecular complexity index is 519. The zero-order valence-electron chi connectivity index (χ0n) is 14.3. The van der Waals surface area contributed by atoms with E-state index in [1.807, 2.05) is 11.3 Å². The molecule has 3 rings (SSSR count). The van der Waals surface area contributed by atoms with Gasteiger partial charge in [0, 0.05) is 37.5 Å². The van der Waals surface area contributed by atoms with E-state index in [9.17, 15) is 4.79 Å². The highest BCUT2D eigenvalue weighted by Crippen LogP contribution is 2.43. The molecule has 0 radical (unpaired) electrons. The van der Waals surface area contributed by atoms with Crippen LogP contribution in [-0.4, -0.2) is 54.1 Å². The summed E-state index contributed by atoms with van der Waals surface area (Å²) in [5.74, 6) is 0.318. The summed E-state index contributed by atoms with van der Waals surface area (Å²) in [4.78, 5) is 18.7. The topological polar surface area (TPSA) is 32.8 Å². The number of methoxy groups -OCH3 is 1. The quantitative estimate of drug-likeness (QED) is 0.800. The van der Waals surface area contributed by atoms with Crippen molar-refractivity contribution in [1.82, 2.24) is 9.80 Å². The van der Waals surface area contributed by atoms with Crippen LogP contribution in [0, 0.1) is 0 Å². The fraction of sp³-hybridized carbons (Fsp3) is 0.722. The van der Waals surface area contributed by atoms with E-state index in [2.05, 4.69) is 34.2 Å². The van der Waals surface area contributed by atoms with Crippen molar-refractivity contribution >= 4 is 17.2 Å². The molecule has 1 aromatic heterocycles. The predicted octanol–water partition coefficient (Wildman–Crippen LogP) is 3.13. The molecule has 1 aromatic rings. The number of rotatable bonds is 6. The molecule has 0 saturated carbocycles. The zero-order valence-corrected chi connectivity index (χ0v) is 15.1. The third-order valence-electron chi connectivity index (χ3n) is 5.57. The second-order valence-corrected chi connectivity index (χ2v) is 7.75. The monoisotopic (exact) mass is 336 g/mol. The first kappa shape index (κ1) is 16.9. The molecular formula is C18H28N2O2S. The van der Waals surface area contributed by atoms with E-state index >= 15 is 0 Å². The third kappa shape index (κ3) is 3.19. The van der Waals surface area contributed by atoms with Gasteiger partial charge in [-0.25, -0.2) is 0 Å². The molecule has 2 fully saturated rings. The van der Waals surface area contributed by atoms with Crippen LogP contribution in [0.25, 0.3) is 0 Å². The van der Waals surface area contributed by atoms with Crippen molar-refractivity contribution in [1.29, 1.82) is 0 Å². The number of carbonyl (C=O) groups is 1. The fourth-order valence-electron chi connectivity index (χ4n) is 4.66. The SMILES string of the molecule is CC[C@@H]1N(Cc2cccs2)CCC[C@]12CCC(=O)N2CCOC. The number of piperidine rings is 1. The van der Waals surface area contributed by atoms with Crippen LogP contribution in [-0.2, 0) is 16.1 Å². The van der Waals surface area contributed by atoms with Gasteiger partial charge in [-0.3, -0.25) is 9.69 Å². The highest BCUT2D eigenvalue weighted by molar-refractivity contribution is 7.09. The Morgan fingerprint density at radius 3 is 3.00 bits per heavy atom. The number of amides is 1. The molecule has 23 heavy (non-hydrogen) atoms. The van der Waals surface area contributed by atoms with Crippen LogP contribution < -0.4 is 0 Å². The Morgan fingerprint density at radius 1 is 1.43 bits per heavy atom. The lowest BCUT2D eigenvalue weighted by Gasteiger charge is -2.52. The number of hydrogen-bond acceptors (Lipinski definition) is 4. The lowest BCUT2D eigenvalue weighted by Crippen LogP contribution is -2.63. The van der Waals surface area contributed by atoms with E-state index in [0.29, 0.717) is 25.0 Å². The number of carbonyl (C=O) groups excluding carboxylic acids is 1. The molecule has 0 aromatic carbocycles. The van der Waals surface area contributed by atoms with Crippen LogP contribution in [0.4, 0.5) is 0 Å². The number of ether oxygens (including phenoxy) is 1. The molecule has 0 unspecified atom stereocenters. The van der Waals surface area contributed by atoms with Gasteiger partial charge in [-0.15, -0.1) is 11.3 Å². The lowest BCUT2D eigenvalue weighted by atomic mass is 9.77. The summed E-state index contributed by atoms with van der Waals surface area (Å²) in [7, 11) is 1.72. The first-order valence-corrected chi connectivity index (χ1v) is 9.65. The fourth-order valence-corrected chi connectivity index (χ4v) is 5.39. The van der Waals surface area contributed by atoms with Crippen LogP contribution in [0.15, 0.2) is 17.5 Å². The van der Waals surface area contributed by atoms with Gasteiger partial charge in [0.1, 0.15) is 0 Å². The summed E-state index contributed by atoms with van der Waals surface area (Å²) in [5, 5.41) is 2.15. The van der Waals surface area contributed by atoms with E-state index < -0.39 is 0 Å². The summed E-state index contributed by atoms with van der Waals surface area (Å²) < 4.78 is 5.26. The van der Waals surface area contributed by atoms with E-state index in [0.717, 1.165) is 38.9 Å². The van der Waals surface area contributed by atoms with Gasteiger partial charge in [-0.1, -0.05) is 13.0 Å². The Kier molecular flexibility index (Phi) is 5.39. The first-order chi connectivity index (χ1) is 11.2. The van der Waals surface area contributed by atoms with Crippen molar-refractivity contribution in [3.8, 4) is 0 Å². The van der Waals surface area contributed by atoms with E-state index in [1.54, 1.807) is 7.11 Å². The number of hydrogen-bond donors (Lipinski definition) is 0. The molecule has 2 aliphatic heterocycles. The second kappa shape index (κ2) is 7.32. The Morgan fingerprint density at radius 2 is 2.30 bits per heavy atom. The van der Waals surface area contributed by atoms with Gasteiger partial charge in [-0.2, -0.15) is 0 Å². The predicted molar refractivity (Wildman–Crippen MR) is 93.6 cm³/mol. The molecule has 2 atom stereocenters. The second-order valence-electron chi connectivity index (χ2n) is 6.72. The van der Waals surface area contributed by atoms with Crippen molar-refractivity contribution in [2.45, 2.75) is 57.2 Å². The minimum absolute atomic E-state index is 0.0277. The largest absolute Gasteiger partial charge is 0.383 e. The molecule has 0 aliphatic carbocycles. The molecule has 1 spiro atoms. The van der Waals surface area contributed by atoms with Crippen molar-refractivity contribution in [2.24, 2.45) is 0 Å². The van der Waals surface area contributed by atoms with Crippen molar-refractivity contribution in [3.05, 3.63) is 22.4 Å². The van der Waals surface area contributed by atoms with Crippen LogP contribution in [0.5, 0.6) is 0 Å². The number of thiophene rings is 1. The summed E-state index contributed by atoms with van der Waals surface area (Å²) in [5.41, 5.74) is 0.0277.